The molecule has 2 aromatic heterocycles. The van der Waals surface area contributed by atoms with Gasteiger partial charge in [-0.3, -0.25) is 19.6 Å². The maximum absolute atomic E-state index is 12.2. The normalized spacial score (nSPS) is 10.4. The Hall–Kier alpha value is -3.28. The number of nitrogens with two attached hydrogens (primary N) is 1. The van der Waals surface area contributed by atoms with Crippen LogP contribution in [0.25, 0.3) is 10.9 Å². The summed E-state index contributed by atoms with van der Waals surface area (Å²) in [5, 5.41) is 3.73. The molecule has 0 unspecified atom stereocenters. The monoisotopic (exact) mass is 292 g/mol. The minimum absolute atomic E-state index is 0.114. The summed E-state index contributed by atoms with van der Waals surface area (Å²) in [7, 11) is 0. The van der Waals surface area contributed by atoms with Gasteiger partial charge in [0.05, 0.1) is 16.8 Å². The van der Waals surface area contributed by atoms with Gasteiger partial charge in [0.15, 0.2) is 0 Å². The van der Waals surface area contributed by atoms with Gasteiger partial charge in [-0.2, -0.15) is 0 Å². The van der Waals surface area contributed by atoms with Crippen molar-refractivity contribution < 1.29 is 9.59 Å². The van der Waals surface area contributed by atoms with Crippen LogP contribution in [0.15, 0.2) is 54.9 Å². The summed E-state index contributed by atoms with van der Waals surface area (Å²) in [6.45, 7) is 0. The van der Waals surface area contributed by atoms with Gasteiger partial charge in [-0.05, 0) is 24.3 Å². The van der Waals surface area contributed by atoms with Crippen LogP contribution in [0, 0.1) is 0 Å². The van der Waals surface area contributed by atoms with E-state index >= 15 is 0 Å². The van der Waals surface area contributed by atoms with Crippen molar-refractivity contribution in [2.75, 3.05) is 5.32 Å². The van der Waals surface area contributed by atoms with Crippen molar-refractivity contribution in [2.45, 2.75) is 0 Å². The molecule has 0 aliphatic rings. The second-order valence-electron chi connectivity index (χ2n) is 4.63. The molecule has 0 aliphatic heterocycles. The molecule has 22 heavy (non-hydrogen) atoms. The first kappa shape index (κ1) is 13.7. The number of rotatable bonds is 3. The quantitative estimate of drug-likeness (QED) is 0.771. The molecule has 3 aromatic rings. The van der Waals surface area contributed by atoms with Crippen LogP contribution in [0.5, 0.6) is 0 Å². The third kappa shape index (κ3) is 2.62. The molecule has 2 heterocycles. The van der Waals surface area contributed by atoms with E-state index in [-0.39, 0.29) is 11.6 Å². The van der Waals surface area contributed by atoms with Crippen LogP contribution < -0.4 is 11.1 Å². The number of amides is 2. The molecule has 0 atom stereocenters. The summed E-state index contributed by atoms with van der Waals surface area (Å²) in [5.41, 5.74) is 6.88. The van der Waals surface area contributed by atoms with Crippen molar-refractivity contribution in [3.8, 4) is 0 Å². The first-order valence-corrected chi connectivity index (χ1v) is 6.56. The van der Waals surface area contributed by atoms with Crippen molar-refractivity contribution in [1.29, 1.82) is 0 Å². The van der Waals surface area contributed by atoms with E-state index in [2.05, 4.69) is 15.3 Å². The second kappa shape index (κ2) is 5.61. The van der Waals surface area contributed by atoms with E-state index in [9.17, 15) is 9.59 Å². The highest BCUT2D eigenvalue weighted by Gasteiger charge is 2.10. The van der Waals surface area contributed by atoms with Gasteiger partial charge >= 0.3 is 0 Å². The number of fused-ring (bicyclic) bond motifs is 1. The van der Waals surface area contributed by atoms with E-state index in [1.165, 1.54) is 18.3 Å². The average Bonchev–Trinajstić information content (AvgIpc) is 2.55. The maximum Gasteiger partial charge on any atom is 0.267 e. The van der Waals surface area contributed by atoms with E-state index < -0.39 is 5.91 Å². The molecule has 0 radical (unpaired) electrons. The smallest absolute Gasteiger partial charge is 0.267 e. The largest absolute Gasteiger partial charge is 0.364 e. The molecule has 3 N–H and O–H groups in total. The maximum atomic E-state index is 12.2. The van der Waals surface area contributed by atoms with Crippen molar-refractivity contribution in [3.05, 3.63) is 66.1 Å². The lowest BCUT2D eigenvalue weighted by Gasteiger charge is -2.08. The predicted octanol–water partition coefficient (Wildman–Crippen LogP) is 1.98. The summed E-state index contributed by atoms with van der Waals surface area (Å²) in [5.74, 6) is -0.966. The molecular weight excluding hydrogens is 280 g/mol. The van der Waals surface area contributed by atoms with Gasteiger partial charge in [0.25, 0.3) is 11.8 Å². The van der Waals surface area contributed by atoms with Crippen LogP contribution in [0.1, 0.15) is 20.8 Å². The van der Waals surface area contributed by atoms with Gasteiger partial charge in [0.2, 0.25) is 0 Å². The van der Waals surface area contributed by atoms with Crippen molar-refractivity contribution in [2.24, 2.45) is 5.73 Å². The van der Waals surface area contributed by atoms with E-state index in [0.29, 0.717) is 16.8 Å². The third-order valence-corrected chi connectivity index (χ3v) is 3.16. The van der Waals surface area contributed by atoms with Gasteiger partial charge in [0.1, 0.15) is 5.69 Å². The molecule has 6 heteroatoms. The zero-order valence-electron chi connectivity index (χ0n) is 11.5. The summed E-state index contributed by atoms with van der Waals surface area (Å²) >= 11 is 0. The Bertz CT molecular complexity index is 854. The molecule has 0 spiro atoms. The van der Waals surface area contributed by atoms with Crippen LogP contribution in [0.3, 0.4) is 0 Å². The molecule has 6 nitrogen and oxygen atoms in total. The van der Waals surface area contributed by atoms with Gasteiger partial charge in [-0.1, -0.05) is 18.2 Å². The number of hydrogen-bond donors (Lipinski definition) is 2. The highest BCUT2D eigenvalue weighted by molar-refractivity contribution is 6.08. The average molecular weight is 292 g/mol. The van der Waals surface area contributed by atoms with Crippen LogP contribution in [0.4, 0.5) is 5.69 Å². The number of nitrogens with one attached hydrogen (secondary N) is 1. The Labute approximate surface area is 126 Å². The highest BCUT2D eigenvalue weighted by atomic mass is 16.2. The lowest BCUT2D eigenvalue weighted by Crippen LogP contribution is -2.16. The number of carbonyl (C=O) groups excluding carboxylic acids is 2. The Morgan fingerprint density at radius 3 is 2.55 bits per heavy atom. The minimum atomic E-state index is -0.634. The van der Waals surface area contributed by atoms with E-state index in [1.54, 1.807) is 12.3 Å². The first-order valence-electron chi connectivity index (χ1n) is 6.56. The fourth-order valence-electron chi connectivity index (χ4n) is 2.07. The fraction of sp³-hybridized carbons (Fsp3) is 0. The lowest BCUT2D eigenvalue weighted by molar-refractivity contribution is 0.0990. The molecule has 0 saturated carbocycles. The second-order valence-corrected chi connectivity index (χ2v) is 4.63. The van der Waals surface area contributed by atoms with Crippen LogP contribution in [-0.4, -0.2) is 21.8 Å². The summed E-state index contributed by atoms with van der Waals surface area (Å²) < 4.78 is 0. The molecule has 108 valence electrons. The number of benzene rings is 1. The number of nitrogens with zero attached hydrogens (tertiary/aromatic N) is 2. The zero-order valence-corrected chi connectivity index (χ0v) is 11.5. The summed E-state index contributed by atoms with van der Waals surface area (Å²) in [4.78, 5) is 31.3. The molecule has 1 aromatic carbocycles. The molecule has 0 saturated heterocycles. The standard InChI is InChI=1S/C16H12N4O2/c17-15(21)13-7-6-11(9-19-13)16(22)20-12-5-1-3-10-4-2-8-18-14(10)12/h1-9H,(H2,17,21)(H,20,22). The van der Waals surface area contributed by atoms with Crippen molar-refractivity contribution in [1.82, 2.24) is 9.97 Å². The van der Waals surface area contributed by atoms with E-state index in [4.69, 9.17) is 5.73 Å². The molecular formula is C16H12N4O2. The van der Waals surface area contributed by atoms with Crippen molar-refractivity contribution in [3.63, 3.8) is 0 Å². The number of aromatic nitrogens is 2. The summed E-state index contributed by atoms with van der Waals surface area (Å²) in [6, 6.07) is 12.2. The Kier molecular flexibility index (Phi) is 3.49. The number of anilines is 1. The molecule has 0 fully saturated rings. The predicted molar refractivity (Wildman–Crippen MR) is 82.5 cm³/mol. The third-order valence-electron chi connectivity index (χ3n) is 3.16. The van der Waals surface area contributed by atoms with Gasteiger partial charge in [-0.25, -0.2) is 0 Å². The topological polar surface area (TPSA) is 98.0 Å². The Balaban J connectivity index is 1.88. The molecule has 0 bridgehead atoms. The van der Waals surface area contributed by atoms with E-state index in [0.717, 1.165) is 5.39 Å². The van der Waals surface area contributed by atoms with Crippen LogP contribution >= 0.6 is 0 Å². The Morgan fingerprint density at radius 1 is 1.00 bits per heavy atom. The molecule has 2 amide bonds. The van der Waals surface area contributed by atoms with Gasteiger partial charge < -0.3 is 11.1 Å². The number of pyridine rings is 2. The van der Waals surface area contributed by atoms with E-state index in [1.807, 2.05) is 24.3 Å². The number of para-hydroxylation sites is 1. The number of primary amides is 1. The number of hydrogen-bond acceptors (Lipinski definition) is 4. The first-order chi connectivity index (χ1) is 10.6. The van der Waals surface area contributed by atoms with Gasteiger partial charge in [-0.15, -0.1) is 0 Å². The van der Waals surface area contributed by atoms with Crippen LogP contribution in [-0.2, 0) is 0 Å². The van der Waals surface area contributed by atoms with Crippen molar-refractivity contribution >= 4 is 28.4 Å². The van der Waals surface area contributed by atoms with Crippen LogP contribution in [0.2, 0.25) is 0 Å². The SMILES string of the molecule is NC(=O)c1ccc(C(=O)Nc2cccc3cccnc23)cn1. The minimum Gasteiger partial charge on any atom is -0.364 e. The fourth-order valence-corrected chi connectivity index (χ4v) is 2.07. The lowest BCUT2D eigenvalue weighted by atomic mass is 10.2. The number of carbonyl (C=O) groups is 2. The highest BCUT2D eigenvalue weighted by Crippen LogP contribution is 2.21. The molecule has 0 aliphatic carbocycles. The molecule has 3 rings (SSSR count). The zero-order chi connectivity index (χ0) is 15.5. The van der Waals surface area contributed by atoms with Gasteiger partial charge in [0, 0.05) is 17.8 Å². The summed E-state index contributed by atoms with van der Waals surface area (Å²) in [6.07, 6.45) is 2.98. The Morgan fingerprint density at radius 2 is 1.82 bits per heavy atom.